The maximum Gasteiger partial charge on any atom is 0.153 e. The zero-order chi connectivity index (χ0) is 12.3. The molecular formula is C13H13FN2O. The van der Waals surface area contributed by atoms with Crippen molar-refractivity contribution in [3.05, 3.63) is 41.8 Å². The summed E-state index contributed by atoms with van der Waals surface area (Å²) < 4.78 is 15.3. The summed E-state index contributed by atoms with van der Waals surface area (Å²) in [6, 6.07) is 6.33. The molecule has 0 atom stereocenters. The Balaban J connectivity index is 2.51. The van der Waals surface area contributed by atoms with Crippen molar-refractivity contribution in [1.82, 2.24) is 9.78 Å². The van der Waals surface area contributed by atoms with Crippen LogP contribution in [0, 0.1) is 5.82 Å². The molecule has 17 heavy (non-hydrogen) atoms. The van der Waals surface area contributed by atoms with Gasteiger partial charge in [0.25, 0.3) is 0 Å². The first kappa shape index (κ1) is 11.5. The number of aromatic nitrogens is 2. The van der Waals surface area contributed by atoms with Crippen LogP contribution in [-0.2, 0) is 6.54 Å². The fourth-order valence-corrected chi connectivity index (χ4v) is 1.73. The molecule has 0 unspecified atom stereocenters. The van der Waals surface area contributed by atoms with E-state index in [1.54, 1.807) is 29.1 Å². The lowest BCUT2D eigenvalue weighted by Gasteiger charge is -1.99. The molecule has 0 saturated carbocycles. The lowest BCUT2D eigenvalue weighted by molar-refractivity contribution is 0.112. The van der Waals surface area contributed by atoms with Crippen LogP contribution in [0.15, 0.2) is 30.5 Å². The van der Waals surface area contributed by atoms with Gasteiger partial charge >= 0.3 is 0 Å². The number of aryl methyl sites for hydroxylation is 1. The molecule has 0 amide bonds. The number of carbonyl (C=O) groups excluding carboxylic acids is 1. The van der Waals surface area contributed by atoms with E-state index >= 15 is 0 Å². The molecule has 0 saturated heterocycles. The van der Waals surface area contributed by atoms with Gasteiger partial charge in [0, 0.05) is 18.3 Å². The van der Waals surface area contributed by atoms with E-state index in [1.165, 1.54) is 6.07 Å². The van der Waals surface area contributed by atoms with Crippen LogP contribution >= 0.6 is 0 Å². The zero-order valence-corrected chi connectivity index (χ0v) is 9.56. The standard InChI is InChI=1S/C13H13FN2O/c1-2-7-16-8-10(9-17)13(15-16)11-5-3-4-6-12(11)14/h3-6,8-9H,2,7H2,1H3. The van der Waals surface area contributed by atoms with Crippen molar-refractivity contribution in [3.8, 4) is 11.3 Å². The molecular weight excluding hydrogens is 219 g/mol. The fraction of sp³-hybridized carbons (Fsp3) is 0.231. The summed E-state index contributed by atoms with van der Waals surface area (Å²) in [6.45, 7) is 2.74. The maximum absolute atomic E-state index is 13.6. The van der Waals surface area contributed by atoms with Gasteiger partial charge < -0.3 is 0 Å². The Kier molecular flexibility index (Phi) is 3.32. The molecule has 0 fully saturated rings. The van der Waals surface area contributed by atoms with Gasteiger partial charge in [0.1, 0.15) is 11.5 Å². The summed E-state index contributed by atoms with van der Waals surface area (Å²) in [6.07, 6.45) is 3.27. The molecule has 1 heterocycles. The largest absolute Gasteiger partial charge is 0.298 e. The average molecular weight is 232 g/mol. The van der Waals surface area contributed by atoms with E-state index in [2.05, 4.69) is 5.10 Å². The van der Waals surface area contributed by atoms with Gasteiger partial charge in [0.2, 0.25) is 0 Å². The normalized spacial score (nSPS) is 10.5. The minimum absolute atomic E-state index is 0.364. The van der Waals surface area contributed by atoms with Crippen LogP contribution in [0.2, 0.25) is 0 Å². The molecule has 88 valence electrons. The van der Waals surface area contributed by atoms with Gasteiger partial charge in [-0.3, -0.25) is 9.48 Å². The van der Waals surface area contributed by atoms with Crippen molar-refractivity contribution in [2.75, 3.05) is 0 Å². The first-order valence-corrected chi connectivity index (χ1v) is 5.53. The second kappa shape index (κ2) is 4.91. The predicted molar refractivity (Wildman–Crippen MR) is 63.3 cm³/mol. The molecule has 4 heteroatoms. The summed E-state index contributed by atoms with van der Waals surface area (Å²) in [5.74, 6) is -0.364. The van der Waals surface area contributed by atoms with Gasteiger partial charge in [0.15, 0.2) is 6.29 Å². The third-order valence-electron chi connectivity index (χ3n) is 2.50. The van der Waals surface area contributed by atoms with Crippen LogP contribution < -0.4 is 0 Å². The van der Waals surface area contributed by atoms with E-state index in [4.69, 9.17) is 0 Å². The van der Waals surface area contributed by atoms with E-state index in [0.717, 1.165) is 13.0 Å². The molecule has 2 rings (SSSR count). The quantitative estimate of drug-likeness (QED) is 0.760. The Morgan fingerprint density at radius 3 is 2.82 bits per heavy atom. The van der Waals surface area contributed by atoms with Crippen molar-refractivity contribution in [2.45, 2.75) is 19.9 Å². The summed E-state index contributed by atoms with van der Waals surface area (Å²) in [7, 11) is 0. The van der Waals surface area contributed by atoms with Crippen LogP contribution in [0.3, 0.4) is 0 Å². The molecule has 0 radical (unpaired) electrons. The summed E-state index contributed by atoms with van der Waals surface area (Å²) in [4.78, 5) is 11.0. The van der Waals surface area contributed by atoms with Crippen LogP contribution in [0.25, 0.3) is 11.3 Å². The second-order valence-electron chi connectivity index (χ2n) is 3.79. The van der Waals surface area contributed by atoms with Crippen molar-refractivity contribution in [2.24, 2.45) is 0 Å². The number of nitrogens with zero attached hydrogens (tertiary/aromatic N) is 2. The Hall–Kier alpha value is -1.97. The number of aldehydes is 1. The third-order valence-corrected chi connectivity index (χ3v) is 2.50. The Morgan fingerprint density at radius 1 is 1.41 bits per heavy atom. The summed E-state index contributed by atoms with van der Waals surface area (Å²) in [5, 5.41) is 4.25. The minimum atomic E-state index is -0.364. The second-order valence-corrected chi connectivity index (χ2v) is 3.79. The van der Waals surface area contributed by atoms with E-state index < -0.39 is 0 Å². The number of halogens is 1. The lowest BCUT2D eigenvalue weighted by atomic mass is 10.1. The van der Waals surface area contributed by atoms with Gasteiger partial charge in [-0.2, -0.15) is 5.10 Å². The highest BCUT2D eigenvalue weighted by molar-refractivity contribution is 5.85. The molecule has 1 aromatic carbocycles. The van der Waals surface area contributed by atoms with Gasteiger partial charge in [-0.25, -0.2) is 4.39 Å². The van der Waals surface area contributed by atoms with Gasteiger partial charge in [-0.15, -0.1) is 0 Å². The lowest BCUT2D eigenvalue weighted by Crippen LogP contribution is -1.97. The van der Waals surface area contributed by atoms with Gasteiger partial charge in [-0.1, -0.05) is 19.1 Å². The Morgan fingerprint density at radius 2 is 2.18 bits per heavy atom. The third kappa shape index (κ3) is 2.25. The zero-order valence-electron chi connectivity index (χ0n) is 9.56. The highest BCUT2D eigenvalue weighted by Crippen LogP contribution is 2.23. The van der Waals surface area contributed by atoms with Crippen molar-refractivity contribution < 1.29 is 9.18 Å². The van der Waals surface area contributed by atoms with Crippen molar-refractivity contribution in [3.63, 3.8) is 0 Å². The van der Waals surface area contributed by atoms with E-state index in [9.17, 15) is 9.18 Å². The maximum atomic E-state index is 13.6. The first-order valence-electron chi connectivity index (χ1n) is 5.53. The SMILES string of the molecule is CCCn1cc(C=O)c(-c2ccccc2F)n1. The van der Waals surface area contributed by atoms with E-state index in [1.807, 2.05) is 6.92 Å². The topological polar surface area (TPSA) is 34.9 Å². The van der Waals surface area contributed by atoms with Crippen LogP contribution in [0.4, 0.5) is 4.39 Å². The number of hydrogen-bond donors (Lipinski definition) is 0. The highest BCUT2D eigenvalue weighted by Gasteiger charge is 2.13. The van der Waals surface area contributed by atoms with Crippen LogP contribution in [-0.4, -0.2) is 16.1 Å². The molecule has 3 nitrogen and oxygen atoms in total. The van der Waals surface area contributed by atoms with Gasteiger partial charge in [0.05, 0.1) is 5.56 Å². The van der Waals surface area contributed by atoms with E-state index in [-0.39, 0.29) is 5.82 Å². The fourth-order valence-electron chi connectivity index (χ4n) is 1.73. The number of benzene rings is 1. The number of rotatable bonds is 4. The van der Waals surface area contributed by atoms with Crippen LogP contribution in [0.1, 0.15) is 23.7 Å². The molecule has 0 aliphatic carbocycles. The minimum Gasteiger partial charge on any atom is -0.298 e. The first-order chi connectivity index (χ1) is 8.26. The molecule has 0 N–H and O–H groups in total. The molecule has 0 bridgehead atoms. The van der Waals surface area contributed by atoms with Gasteiger partial charge in [-0.05, 0) is 18.6 Å². The molecule has 1 aromatic heterocycles. The van der Waals surface area contributed by atoms with Crippen molar-refractivity contribution in [1.29, 1.82) is 0 Å². The number of carbonyl (C=O) groups is 1. The Bertz CT molecular complexity index is 534. The smallest absolute Gasteiger partial charge is 0.153 e. The van der Waals surface area contributed by atoms with Crippen LogP contribution in [0.5, 0.6) is 0 Å². The average Bonchev–Trinajstić information content (AvgIpc) is 2.73. The van der Waals surface area contributed by atoms with Crippen molar-refractivity contribution >= 4 is 6.29 Å². The summed E-state index contributed by atoms with van der Waals surface area (Å²) >= 11 is 0. The monoisotopic (exact) mass is 232 g/mol. The predicted octanol–water partition coefficient (Wildman–Crippen LogP) is 2.91. The number of hydrogen-bond acceptors (Lipinski definition) is 2. The molecule has 0 aliphatic heterocycles. The highest BCUT2D eigenvalue weighted by atomic mass is 19.1. The molecule has 2 aromatic rings. The Labute approximate surface area is 98.9 Å². The molecule has 0 aliphatic rings. The summed E-state index contributed by atoms with van der Waals surface area (Å²) in [5.41, 5.74) is 1.19. The van der Waals surface area contributed by atoms with E-state index in [0.29, 0.717) is 23.1 Å². The molecule has 0 spiro atoms.